The molecule has 0 spiro atoms. The summed E-state index contributed by atoms with van der Waals surface area (Å²) in [4.78, 5) is 29.2. The Morgan fingerprint density at radius 2 is 1.76 bits per heavy atom. The molecule has 3 atom stereocenters. The van der Waals surface area contributed by atoms with Gasteiger partial charge in [-0.15, -0.1) is 0 Å². The smallest absolute Gasteiger partial charge is 0.326 e. The summed E-state index contributed by atoms with van der Waals surface area (Å²) in [5.74, 6) is -1.03. The number of β-amino-alcohol motifs (C(OH)–C–C–N with tert-alkyl or cyclic N) is 1. The van der Waals surface area contributed by atoms with E-state index in [1.807, 2.05) is 0 Å². The summed E-state index contributed by atoms with van der Waals surface area (Å²) < 4.78 is 0. The van der Waals surface area contributed by atoms with Crippen molar-refractivity contribution >= 4 is 12.0 Å². The number of aliphatic hydroxyl groups excluding tert-OH is 1. The predicted molar refractivity (Wildman–Crippen MR) is 74.9 cm³/mol. The molecule has 2 N–H and O–H groups in total. The molecule has 3 heterocycles. The highest BCUT2D eigenvalue weighted by Gasteiger charge is 2.42. The van der Waals surface area contributed by atoms with Crippen LogP contribution in [0.2, 0.25) is 0 Å². The second-order valence-corrected chi connectivity index (χ2v) is 6.31. The van der Waals surface area contributed by atoms with E-state index in [1.165, 1.54) is 17.7 Å². The van der Waals surface area contributed by atoms with Crippen molar-refractivity contribution in [3.63, 3.8) is 0 Å². The molecule has 0 bridgehead atoms. The van der Waals surface area contributed by atoms with Crippen molar-refractivity contribution in [3.8, 4) is 0 Å². The van der Waals surface area contributed by atoms with Gasteiger partial charge in [0.2, 0.25) is 0 Å². The maximum Gasteiger partial charge on any atom is 0.326 e. The zero-order valence-corrected chi connectivity index (χ0v) is 12.1. The van der Waals surface area contributed by atoms with Gasteiger partial charge < -0.3 is 20.0 Å². The van der Waals surface area contributed by atoms with E-state index in [1.54, 1.807) is 4.90 Å². The molecule has 0 aromatic rings. The zero-order chi connectivity index (χ0) is 15.0. The van der Waals surface area contributed by atoms with Crippen molar-refractivity contribution in [2.75, 3.05) is 32.7 Å². The van der Waals surface area contributed by atoms with Crippen LogP contribution >= 0.6 is 0 Å². The van der Waals surface area contributed by atoms with Gasteiger partial charge in [0.15, 0.2) is 0 Å². The van der Waals surface area contributed by atoms with Crippen molar-refractivity contribution in [3.05, 3.63) is 0 Å². The van der Waals surface area contributed by atoms with E-state index >= 15 is 0 Å². The fraction of sp³-hybridized carbons (Fsp3) is 0.857. The lowest BCUT2D eigenvalue weighted by atomic mass is 10.2. The monoisotopic (exact) mass is 297 g/mol. The third-order valence-corrected chi connectivity index (χ3v) is 4.90. The average Bonchev–Trinajstić information content (AvgIpc) is 3.17. The highest BCUT2D eigenvalue weighted by atomic mass is 16.4. The Hall–Kier alpha value is -1.34. The molecule has 7 heteroatoms. The van der Waals surface area contributed by atoms with Crippen molar-refractivity contribution in [1.29, 1.82) is 0 Å². The Labute approximate surface area is 124 Å². The minimum absolute atomic E-state index is 0.126. The lowest BCUT2D eigenvalue weighted by Crippen LogP contribution is -2.48. The average molecular weight is 297 g/mol. The molecule has 3 unspecified atom stereocenters. The van der Waals surface area contributed by atoms with Gasteiger partial charge in [-0.25, -0.2) is 9.59 Å². The number of hydrogen-bond donors (Lipinski definition) is 2. The summed E-state index contributed by atoms with van der Waals surface area (Å²) in [6, 6.07) is -0.716. The van der Waals surface area contributed by atoms with Gasteiger partial charge in [-0.3, -0.25) is 4.90 Å². The number of rotatable bonds is 2. The van der Waals surface area contributed by atoms with Gasteiger partial charge in [0.1, 0.15) is 6.04 Å². The lowest BCUT2D eigenvalue weighted by Gasteiger charge is -2.28. The molecule has 3 aliphatic heterocycles. The summed E-state index contributed by atoms with van der Waals surface area (Å²) in [7, 11) is 0. The first-order chi connectivity index (χ1) is 10.1. The largest absolute Gasteiger partial charge is 0.480 e. The highest BCUT2D eigenvalue weighted by Crippen LogP contribution is 2.25. The number of carboxylic acid groups (broad SMARTS) is 1. The Bertz CT molecular complexity index is 424. The van der Waals surface area contributed by atoms with Crippen LogP contribution in [-0.2, 0) is 4.79 Å². The molecule has 118 valence electrons. The molecule has 3 aliphatic rings. The van der Waals surface area contributed by atoms with Gasteiger partial charge in [-0.1, -0.05) is 0 Å². The fourth-order valence-electron chi connectivity index (χ4n) is 3.76. The van der Waals surface area contributed by atoms with Crippen LogP contribution in [0.1, 0.15) is 25.7 Å². The minimum atomic E-state index is -1.03. The van der Waals surface area contributed by atoms with Gasteiger partial charge >= 0.3 is 12.0 Å². The number of amides is 2. The van der Waals surface area contributed by atoms with Gasteiger partial charge in [0.25, 0.3) is 0 Å². The number of hydrogen-bond acceptors (Lipinski definition) is 4. The molecular weight excluding hydrogens is 274 g/mol. The maximum atomic E-state index is 12.5. The highest BCUT2D eigenvalue weighted by molar-refractivity contribution is 5.83. The summed E-state index contributed by atoms with van der Waals surface area (Å²) in [5, 5.41) is 18.8. The number of aliphatic carboxylic acids is 1. The van der Waals surface area contributed by atoms with E-state index in [2.05, 4.69) is 4.90 Å². The molecule has 3 saturated heterocycles. The number of aliphatic hydroxyl groups is 1. The van der Waals surface area contributed by atoms with Gasteiger partial charge in [-0.05, 0) is 32.4 Å². The van der Waals surface area contributed by atoms with Crippen LogP contribution in [0.5, 0.6) is 0 Å². The number of nitrogens with zero attached hydrogens (tertiary/aromatic N) is 3. The lowest BCUT2D eigenvalue weighted by molar-refractivity contribution is -0.141. The third kappa shape index (κ3) is 2.85. The second kappa shape index (κ2) is 5.81. The Balaban J connectivity index is 1.61. The Morgan fingerprint density at radius 1 is 1.05 bits per heavy atom. The quantitative estimate of drug-likeness (QED) is 0.737. The van der Waals surface area contributed by atoms with Crippen LogP contribution < -0.4 is 0 Å². The number of carboxylic acids is 1. The van der Waals surface area contributed by atoms with Crippen LogP contribution in [0.15, 0.2) is 0 Å². The fourth-order valence-corrected chi connectivity index (χ4v) is 3.76. The van der Waals surface area contributed by atoms with Crippen LogP contribution in [0.4, 0.5) is 4.79 Å². The minimum Gasteiger partial charge on any atom is -0.480 e. The second-order valence-electron chi connectivity index (χ2n) is 6.31. The van der Waals surface area contributed by atoms with Crippen molar-refractivity contribution in [1.82, 2.24) is 14.7 Å². The molecule has 0 aromatic carbocycles. The standard InChI is InChI=1S/C14H23N3O4/c18-11-7-12(13(19)20)17(9-11)14(21)16-6-3-10(8-16)15-4-1-2-5-15/h10-12,18H,1-9H2,(H,19,20). The van der Waals surface area contributed by atoms with Crippen LogP contribution in [0.3, 0.4) is 0 Å². The number of likely N-dealkylation sites (tertiary alicyclic amines) is 3. The summed E-state index contributed by atoms with van der Waals surface area (Å²) in [6.07, 6.45) is 2.81. The van der Waals surface area contributed by atoms with E-state index in [9.17, 15) is 19.8 Å². The molecule has 0 aliphatic carbocycles. The molecule has 0 radical (unpaired) electrons. The number of carbonyl (C=O) groups excluding carboxylic acids is 1. The number of carbonyl (C=O) groups is 2. The molecule has 21 heavy (non-hydrogen) atoms. The summed E-state index contributed by atoms with van der Waals surface area (Å²) in [6.45, 7) is 3.69. The topological polar surface area (TPSA) is 84.3 Å². The summed E-state index contributed by atoms with van der Waals surface area (Å²) >= 11 is 0. The SMILES string of the molecule is O=C(O)C1CC(O)CN1C(=O)N1CCC(N2CCCC2)C1. The van der Waals surface area contributed by atoms with Gasteiger partial charge in [0, 0.05) is 32.1 Å². The Kier molecular flexibility index (Phi) is 4.03. The van der Waals surface area contributed by atoms with E-state index in [-0.39, 0.29) is 19.0 Å². The molecule has 0 saturated carbocycles. The third-order valence-electron chi connectivity index (χ3n) is 4.90. The number of urea groups is 1. The molecule has 3 rings (SSSR count). The Morgan fingerprint density at radius 3 is 2.43 bits per heavy atom. The molecule has 0 aromatic heterocycles. The first-order valence-corrected chi connectivity index (χ1v) is 7.76. The van der Waals surface area contributed by atoms with Crippen molar-refractivity contribution < 1.29 is 19.8 Å². The van der Waals surface area contributed by atoms with E-state index in [0.29, 0.717) is 19.1 Å². The summed E-state index contributed by atoms with van der Waals surface area (Å²) in [5.41, 5.74) is 0. The van der Waals surface area contributed by atoms with Gasteiger partial charge in [0.05, 0.1) is 6.10 Å². The van der Waals surface area contributed by atoms with Crippen LogP contribution in [-0.4, -0.2) is 87.8 Å². The van der Waals surface area contributed by atoms with Crippen LogP contribution in [0.25, 0.3) is 0 Å². The normalized spacial score (nSPS) is 33.9. The molecule has 3 fully saturated rings. The zero-order valence-electron chi connectivity index (χ0n) is 12.1. The van der Waals surface area contributed by atoms with Crippen LogP contribution in [0, 0.1) is 0 Å². The van der Waals surface area contributed by atoms with E-state index < -0.39 is 18.1 Å². The molecule has 2 amide bonds. The molecule has 7 nitrogen and oxygen atoms in total. The molecular formula is C14H23N3O4. The van der Waals surface area contributed by atoms with Crippen molar-refractivity contribution in [2.24, 2.45) is 0 Å². The predicted octanol–water partition coefficient (Wildman–Crippen LogP) is -0.204. The van der Waals surface area contributed by atoms with Gasteiger partial charge in [-0.2, -0.15) is 0 Å². The van der Waals surface area contributed by atoms with E-state index in [0.717, 1.165) is 19.5 Å². The van der Waals surface area contributed by atoms with Crippen molar-refractivity contribution in [2.45, 2.75) is 43.9 Å². The first kappa shape index (κ1) is 14.6. The van der Waals surface area contributed by atoms with E-state index in [4.69, 9.17) is 0 Å². The maximum absolute atomic E-state index is 12.5. The first-order valence-electron chi connectivity index (χ1n) is 7.76.